The van der Waals surface area contributed by atoms with Gasteiger partial charge < -0.3 is 4.57 Å². The lowest BCUT2D eigenvalue weighted by molar-refractivity contribution is 0.0163. The van der Waals surface area contributed by atoms with E-state index in [1.807, 2.05) is 6.92 Å². The number of pyridine rings is 1. The van der Waals surface area contributed by atoms with Crippen LogP contribution in [0.15, 0.2) is 17.3 Å². The van der Waals surface area contributed by atoms with Gasteiger partial charge >= 0.3 is 0 Å². The second-order valence-electron chi connectivity index (χ2n) is 7.35. The first-order valence-corrected chi connectivity index (χ1v) is 12.5. The standard InChI is InChI=1S/C19H20F4N4S3/c1-6-30(5)13-11(28-16-12(13)29-17(26-16)19(3,22)23)15-25-10-7-9(18(2,20)21)8-24-14(10)27(15)4/h7-8,11,13H,5-6H2,1-4H3. The van der Waals surface area contributed by atoms with Crippen LogP contribution >= 0.6 is 33.6 Å². The van der Waals surface area contributed by atoms with Gasteiger partial charge in [-0.3, -0.25) is 0 Å². The maximum absolute atomic E-state index is 13.8. The summed E-state index contributed by atoms with van der Waals surface area (Å²) in [5.41, 5.74) is 0.688. The van der Waals surface area contributed by atoms with Crippen LogP contribution in [-0.4, -0.2) is 31.1 Å². The predicted octanol–water partition coefficient (Wildman–Crippen LogP) is 6.26. The van der Waals surface area contributed by atoms with Crippen molar-refractivity contribution >= 4 is 50.6 Å². The van der Waals surface area contributed by atoms with Gasteiger partial charge in [-0.1, -0.05) is 24.6 Å². The number of alkyl halides is 4. The number of thioether (sulfide) groups is 1. The van der Waals surface area contributed by atoms with E-state index >= 15 is 0 Å². The van der Waals surface area contributed by atoms with Crippen LogP contribution in [0.25, 0.3) is 11.2 Å². The zero-order chi connectivity index (χ0) is 22.0. The molecule has 0 saturated heterocycles. The summed E-state index contributed by atoms with van der Waals surface area (Å²) in [7, 11) is 1.44. The van der Waals surface area contributed by atoms with Crippen LogP contribution in [0, 0.1) is 0 Å². The number of hydrogen-bond donors (Lipinski definition) is 0. The molecule has 4 heterocycles. The topological polar surface area (TPSA) is 43.6 Å². The van der Waals surface area contributed by atoms with Crippen molar-refractivity contribution in [2.45, 2.75) is 48.1 Å². The first-order chi connectivity index (χ1) is 13.9. The maximum Gasteiger partial charge on any atom is 0.296 e. The van der Waals surface area contributed by atoms with E-state index in [1.54, 1.807) is 11.6 Å². The summed E-state index contributed by atoms with van der Waals surface area (Å²) in [5.74, 6) is -0.295. The molecule has 4 nitrogen and oxygen atoms in total. The van der Waals surface area contributed by atoms with Gasteiger partial charge in [0.25, 0.3) is 11.8 Å². The average Bonchev–Trinajstić information content (AvgIpc) is 3.30. The maximum atomic E-state index is 13.8. The normalized spacial score (nSPS) is 20.7. The highest BCUT2D eigenvalue weighted by atomic mass is 32.2. The van der Waals surface area contributed by atoms with Crippen molar-refractivity contribution in [1.29, 1.82) is 0 Å². The van der Waals surface area contributed by atoms with Gasteiger partial charge in [-0.2, -0.15) is 19.3 Å². The van der Waals surface area contributed by atoms with Gasteiger partial charge in [0.15, 0.2) is 10.7 Å². The number of hydrogen-bond acceptors (Lipinski definition) is 5. The van der Waals surface area contributed by atoms with Crippen LogP contribution in [-0.2, 0) is 18.9 Å². The zero-order valence-corrected chi connectivity index (χ0v) is 19.2. The molecule has 162 valence electrons. The summed E-state index contributed by atoms with van der Waals surface area (Å²) in [6.45, 7) is 3.68. The fraction of sp³-hybridized carbons (Fsp3) is 0.474. The first-order valence-electron chi connectivity index (χ1n) is 9.17. The van der Waals surface area contributed by atoms with E-state index in [4.69, 9.17) is 0 Å². The molecule has 11 heteroatoms. The van der Waals surface area contributed by atoms with Gasteiger partial charge in [0.05, 0.1) is 15.4 Å². The lowest BCUT2D eigenvalue weighted by atomic mass is 10.2. The number of aryl methyl sites for hydroxylation is 1. The molecule has 3 atom stereocenters. The minimum absolute atomic E-state index is 0.119. The summed E-state index contributed by atoms with van der Waals surface area (Å²) in [6.07, 6.45) is 1.17. The number of halogens is 4. The summed E-state index contributed by atoms with van der Waals surface area (Å²) >= 11 is 2.42. The predicted molar refractivity (Wildman–Crippen MR) is 116 cm³/mol. The van der Waals surface area contributed by atoms with E-state index in [-0.39, 0.29) is 31.6 Å². The third-order valence-corrected chi connectivity index (χ3v) is 10.0. The monoisotopic (exact) mass is 476 g/mol. The van der Waals surface area contributed by atoms with E-state index in [1.165, 1.54) is 24.0 Å². The highest BCUT2D eigenvalue weighted by Crippen LogP contribution is 2.62. The van der Waals surface area contributed by atoms with Crippen LogP contribution < -0.4 is 0 Å². The third-order valence-electron chi connectivity index (χ3n) is 5.00. The van der Waals surface area contributed by atoms with Crippen LogP contribution in [0.5, 0.6) is 0 Å². The Morgan fingerprint density at radius 3 is 2.50 bits per heavy atom. The van der Waals surface area contributed by atoms with Gasteiger partial charge in [0.2, 0.25) is 0 Å². The smallest absolute Gasteiger partial charge is 0.296 e. The molecule has 0 fully saturated rings. The zero-order valence-electron chi connectivity index (χ0n) is 16.7. The Hall–Kier alpha value is -1.46. The second kappa shape index (κ2) is 7.30. The van der Waals surface area contributed by atoms with Crippen molar-refractivity contribution in [3.8, 4) is 0 Å². The first kappa shape index (κ1) is 21.8. The molecular formula is C19H20F4N4S3. The van der Waals surface area contributed by atoms with Gasteiger partial charge in [-0.15, -0.1) is 11.3 Å². The van der Waals surface area contributed by atoms with Crippen molar-refractivity contribution in [2.75, 3.05) is 5.75 Å². The van der Waals surface area contributed by atoms with Gasteiger partial charge in [0.1, 0.15) is 16.4 Å². The quantitative estimate of drug-likeness (QED) is 0.322. The molecule has 0 bridgehead atoms. The van der Waals surface area contributed by atoms with Crippen molar-refractivity contribution in [3.63, 3.8) is 0 Å². The molecule has 0 radical (unpaired) electrons. The number of imidazole rings is 1. The SMILES string of the molecule is C=S(CC)C1c2sc(C(C)(F)F)nc2SC1c1nc2cc(C(C)(F)F)cnc2n1C. The molecule has 4 rings (SSSR count). The molecule has 0 spiro atoms. The van der Waals surface area contributed by atoms with E-state index in [9.17, 15) is 17.6 Å². The molecule has 30 heavy (non-hydrogen) atoms. The van der Waals surface area contributed by atoms with Crippen molar-refractivity contribution < 1.29 is 17.6 Å². The van der Waals surface area contributed by atoms with Gasteiger partial charge in [-0.05, 0) is 11.8 Å². The summed E-state index contributed by atoms with van der Waals surface area (Å²) in [4.78, 5) is 13.8. The molecule has 1 aliphatic rings. The lowest BCUT2D eigenvalue weighted by Crippen LogP contribution is -2.09. The Morgan fingerprint density at radius 2 is 1.90 bits per heavy atom. The van der Waals surface area contributed by atoms with Crippen LogP contribution in [0.3, 0.4) is 0 Å². The Morgan fingerprint density at radius 1 is 1.20 bits per heavy atom. The number of fused-ring (bicyclic) bond motifs is 2. The summed E-state index contributed by atoms with van der Waals surface area (Å²) < 4.78 is 56.9. The molecule has 3 aromatic heterocycles. The molecular weight excluding hydrogens is 456 g/mol. The number of thiazole rings is 1. The minimum atomic E-state index is -3.01. The summed E-state index contributed by atoms with van der Waals surface area (Å²) in [5, 5.41) is 0.0787. The Labute approximate surface area is 182 Å². The molecule has 3 aromatic rings. The fourth-order valence-corrected chi connectivity index (χ4v) is 8.41. The average molecular weight is 477 g/mol. The third kappa shape index (κ3) is 3.58. The fourth-order valence-electron chi connectivity index (χ4n) is 3.37. The molecule has 0 aliphatic carbocycles. The highest BCUT2D eigenvalue weighted by Gasteiger charge is 2.43. The number of rotatable bonds is 5. The molecule has 3 unspecified atom stereocenters. The number of aromatic nitrogens is 4. The lowest BCUT2D eigenvalue weighted by Gasteiger charge is -2.21. The van der Waals surface area contributed by atoms with Crippen LogP contribution in [0.2, 0.25) is 0 Å². The Balaban J connectivity index is 1.80. The Kier molecular flexibility index (Phi) is 5.30. The largest absolute Gasteiger partial charge is 0.315 e. The second-order valence-corrected chi connectivity index (χ2v) is 11.7. The summed E-state index contributed by atoms with van der Waals surface area (Å²) in [6, 6.07) is 1.36. The minimum Gasteiger partial charge on any atom is -0.315 e. The van der Waals surface area contributed by atoms with Crippen molar-refractivity contribution in [3.05, 3.63) is 33.5 Å². The number of nitrogens with zero attached hydrogens (tertiary/aromatic N) is 4. The van der Waals surface area contributed by atoms with Gasteiger partial charge in [-0.25, -0.2) is 23.7 Å². The van der Waals surface area contributed by atoms with E-state index in [0.29, 0.717) is 22.0 Å². The van der Waals surface area contributed by atoms with Crippen LogP contribution in [0.1, 0.15) is 52.5 Å². The Bertz CT molecular complexity index is 1140. The molecule has 0 aromatic carbocycles. The molecule has 1 aliphatic heterocycles. The van der Waals surface area contributed by atoms with Crippen molar-refractivity contribution in [1.82, 2.24) is 19.5 Å². The van der Waals surface area contributed by atoms with E-state index < -0.39 is 11.8 Å². The van der Waals surface area contributed by atoms with E-state index in [2.05, 4.69) is 20.8 Å². The molecule has 0 N–H and O–H groups in total. The highest BCUT2D eigenvalue weighted by molar-refractivity contribution is 8.15. The van der Waals surface area contributed by atoms with Crippen molar-refractivity contribution in [2.24, 2.45) is 7.05 Å². The van der Waals surface area contributed by atoms with Gasteiger partial charge in [0, 0.05) is 32.7 Å². The molecule has 0 saturated carbocycles. The molecule has 0 amide bonds. The van der Waals surface area contributed by atoms with E-state index in [0.717, 1.165) is 35.8 Å². The van der Waals surface area contributed by atoms with Crippen LogP contribution in [0.4, 0.5) is 17.6 Å².